The summed E-state index contributed by atoms with van der Waals surface area (Å²) < 4.78 is 0.712. The molecule has 0 heterocycles. The van der Waals surface area contributed by atoms with Crippen LogP contribution in [0.2, 0.25) is 0 Å². The van der Waals surface area contributed by atoms with Gasteiger partial charge in [-0.3, -0.25) is 9.59 Å². The zero-order chi connectivity index (χ0) is 16.8. The second-order valence-electron chi connectivity index (χ2n) is 5.21. The third-order valence-corrected chi connectivity index (χ3v) is 4.12. The van der Waals surface area contributed by atoms with Crippen molar-refractivity contribution in [1.29, 1.82) is 0 Å². The molecule has 0 spiro atoms. The molecule has 2 amide bonds. The molecule has 120 valence electrons. The molecule has 2 aromatic carbocycles. The fraction of sp³-hybridized carbons (Fsp3) is 0.222. The molecule has 4 nitrogen and oxygen atoms in total. The Morgan fingerprint density at radius 3 is 2.30 bits per heavy atom. The summed E-state index contributed by atoms with van der Waals surface area (Å²) >= 11 is 3.37. The van der Waals surface area contributed by atoms with Crippen LogP contribution >= 0.6 is 15.9 Å². The molecular formula is C18H19BrN2O2. The highest BCUT2D eigenvalue weighted by atomic mass is 79.9. The van der Waals surface area contributed by atoms with Crippen LogP contribution < -0.4 is 5.32 Å². The monoisotopic (exact) mass is 374 g/mol. The number of halogens is 1. The van der Waals surface area contributed by atoms with E-state index in [0.717, 1.165) is 6.42 Å². The van der Waals surface area contributed by atoms with Crippen molar-refractivity contribution in [2.24, 2.45) is 0 Å². The summed E-state index contributed by atoms with van der Waals surface area (Å²) in [5.41, 5.74) is 1.53. The van der Waals surface area contributed by atoms with Crippen LogP contribution in [0.1, 0.15) is 34.1 Å². The number of hydrogen-bond acceptors (Lipinski definition) is 2. The van der Waals surface area contributed by atoms with E-state index in [0.29, 0.717) is 27.8 Å². The van der Waals surface area contributed by atoms with Crippen molar-refractivity contribution in [1.82, 2.24) is 4.90 Å². The minimum Gasteiger partial charge on any atom is -0.342 e. The van der Waals surface area contributed by atoms with Crippen molar-refractivity contribution >= 4 is 33.4 Å². The van der Waals surface area contributed by atoms with E-state index < -0.39 is 0 Å². The summed E-state index contributed by atoms with van der Waals surface area (Å²) in [6.45, 7) is 2.69. The van der Waals surface area contributed by atoms with E-state index in [2.05, 4.69) is 21.2 Å². The van der Waals surface area contributed by atoms with Crippen LogP contribution in [0, 0.1) is 0 Å². The van der Waals surface area contributed by atoms with Gasteiger partial charge in [-0.25, -0.2) is 0 Å². The Morgan fingerprint density at radius 1 is 1.04 bits per heavy atom. The van der Waals surface area contributed by atoms with Crippen molar-refractivity contribution in [2.75, 3.05) is 18.9 Å². The third kappa shape index (κ3) is 4.20. The number of nitrogens with one attached hydrogen (secondary N) is 1. The number of anilines is 1. The largest absolute Gasteiger partial charge is 0.342 e. The lowest BCUT2D eigenvalue weighted by Crippen LogP contribution is -2.28. The van der Waals surface area contributed by atoms with Gasteiger partial charge in [-0.15, -0.1) is 0 Å². The van der Waals surface area contributed by atoms with Crippen molar-refractivity contribution < 1.29 is 9.59 Å². The maximum atomic E-state index is 12.5. The normalized spacial score (nSPS) is 10.2. The first-order chi connectivity index (χ1) is 11.0. The molecule has 0 saturated heterocycles. The van der Waals surface area contributed by atoms with E-state index in [1.54, 1.807) is 54.4 Å². The highest BCUT2D eigenvalue weighted by Gasteiger charge is 2.17. The first kappa shape index (κ1) is 17.2. The fourth-order valence-corrected chi connectivity index (χ4v) is 2.72. The summed E-state index contributed by atoms with van der Waals surface area (Å²) in [4.78, 5) is 26.6. The molecular weight excluding hydrogens is 356 g/mol. The van der Waals surface area contributed by atoms with Gasteiger partial charge in [0.05, 0.1) is 16.8 Å². The molecule has 0 aliphatic rings. The molecule has 0 aromatic heterocycles. The van der Waals surface area contributed by atoms with E-state index in [1.165, 1.54) is 0 Å². The van der Waals surface area contributed by atoms with Gasteiger partial charge in [0.25, 0.3) is 11.8 Å². The van der Waals surface area contributed by atoms with E-state index in [4.69, 9.17) is 0 Å². The highest BCUT2D eigenvalue weighted by molar-refractivity contribution is 9.10. The number of benzene rings is 2. The second kappa shape index (κ2) is 7.92. The molecule has 0 atom stereocenters. The topological polar surface area (TPSA) is 49.4 Å². The minimum atomic E-state index is -0.254. The maximum absolute atomic E-state index is 12.5. The van der Waals surface area contributed by atoms with Crippen LogP contribution in [0.3, 0.4) is 0 Å². The van der Waals surface area contributed by atoms with Crippen LogP contribution in [-0.4, -0.2) is 30.3 Å². The second-order valence-corrected chi connectivity index (χ2v) is 6.06. The Bertz CT molecular complexity index is 716. The molecule has 0 aliphatic carbocycles. The first-order valence-corrected chi connectivity index (χ1v) is 8.24. The van der Waals surface area contributed by atoms with E-state index in [9.17, 15) is 9.59 Å². The van der Waals surface area contributed by atoms with Crippen molar-refractivity contribution in [2.45, 2.75) is 13.3 Å². The standard InChI is InChI=1S/C18H19BrN2O2/c1-3-12-21(2)18(23)14-9-5-7-11-16(14)20-17(22)13-8-4-6-10-15(13)19/h4-11H,3,12H2,1-2H3,(H,20,22). The molecule has 0 saturated carbocycles. The lowest BCUT2D eigenvalue weighted by Gasteiger charge is -2.18. The van der Waals surface area contributed by atoms with E-state index >= 15 is 0 Å². The number of carbonyl (C=O) groups is 2. The van der Waals surface area contributed by atoms with E-state index in [1.807, 2.05) is 13.0 Å². The average Bonchev–Trinajstić information content (AvgIpc) is 2.55. The summed E-state index contributed by atoms with van der Waals surface area (Å²) in [6.07, 6.45) is 0.883. The van der Waals surface area contributed by atoms with E-state index in [-0.39, 0.29) is 11.8 Å². The van der Waals surface area contributed by atoms with Gasteiger partial charge < -0.3 is 10.2 Å². The SMILES string of the molecule is CCCN(C)C(=O)c1ccccc1NC(=O)c1ccccc1Br. The van der Waals surface area contributed by atoms with Crippen molar-refractivity contribution in [3.05, 3.63) is 64.1 Å². The Morgan fingerprint density at radius 2 is 1.65 bits per heavy atom. The lowest BCUT2D eigenvalue weighted by atomic mass is 10.1. The number of hydrogen-bond donors (Lipinski definition) is 1. The van der Waals surface area contributed by atoms with Crippen molar-refractivity contribution in [3.8, 4) is 0 Å². The van der Waals surface area contributed by atoms with Crippen LogP contribution in [0.4, 0.5) is 5.69 Å². The maximum Gasteiger partial charge on any atom is 0.256 e. The predicted molar refractivity (Wildman–Crippen MR) is 95.8 cm³/mol. The van der Waals surface area contributed by atoms with Gasteiger partial charge in [-0.05, 0) is 46.6 Å². The lowest BCUT2D eigenvalue weighted by molar-refractivity contribution is 0.0796. The molecule has 2 aromatic rings. The van der Waals surface area contributed by atoms with Gasteiger partial charge in [0.2, 0.25) is 0 Å². The summed E-state index contributed by atoms with van der Waals surface area (Å²) in [5.74, 6) is -0.356. The van der Waals surface area contributed by atoms with Gasteiger partial charge in [0, 0.05) is 18.1 Å². The molecule has 0 bridgehead atoms. The molecule has 0 fully saturated rings. The Balaban J connectivity index is 2.26. The Labute approximate surface area is 144 Å². The number of rotatable bonds is 5. The molecule has 1 N–H and O–H groups in total. The fourth-order valence-electron chi connectivity index (χ4n) is 2.26. The smallest absolute Gasteiger partial charge is 0.256 e. The van der Waals surface area contributed by atoms with Crippen LogP contribution in [0.5, 0.6) is 0 Å². The number of nitrogens with zero attached hydrogens (tertiary/aromatic N) is 1. The molecule has 0 aliphatic heterocycles. The molecule has 0 radical (unpaired) electrons. The minimum absolute atomic E-state index is 0.102. The number of amides is 2. The third-order valence-electron chi connectivity index (χ3n) is 3.43. The average molecular weight is 375 g/mol. The van der Waals surface area contributed by atoms with Crippen LogP contribution in [-0.2, 0) is 0 Å². The zero-order valence-electron chi connectivity index (χ0n) is 13.2. The number of carbonyl (C=O) groups excluding carboxylic acids is 2. The highest BCUT2D eigenvalue weighted by Crippen LogP contribution is 2.21. The molecule has 0 unspecified atom stereocenters. The van der Waals surface area contributed by atoms with Crippen LogP contribution in [0.25, 0.3) is 0 Å². The van der Waals surface area contributed by atoms with Gasteiger partial charge in [0.15, 0.2) is 0 Å². The number of para-hydroxylation sites is 1. The summed E-state index contributed by atoms with van der Waals surface area (Å²) in [6, 6.07) is 14.2. The summed E-state index contributed by atoms with van der Waals surface area (Å²) in [5, 5.41) is 2.83. The first-order valence-electron chi connectivity index (χ1n) is 7.45. The predicted octanol–water partition coefficient (Wildman–Crippen LogP) is 4.18. The molecule has 23 heavy (non-hydrogen) atoms. The van der Waals surface area contributed by atoms with Crippen LogP contribution in [0.15, 0.2) is 53.0 Å². The van der Waals surface area contributed by atoms with Gasteiger partial charge in [-0.2, -0.15) is 0 Å². The van der Waals surface area contributed by atoms with Crippen molar-refractivity contribution in [3.63, 3.8) is 0 Å². The molecule has 2 rings (SSSR count). The zero-order valence-corrected chi connectivity index (χ0v) is 14.8. The quantitative estimate of drug-likeness (QED) is 0.852. The molecule has 5 heteroatoms. The summed E-state index contributed by atoms with van der Waals surface area (Å²) in [7, 11) is 1.76. The van der Waals surface area contributed by atoms with Gasteiger partial charge in [-0.1, -0.05) is 31.2 Å². The van der Waals surface area contributed by atoms with Gasteiger partial charge in [0.1, 0.15) is 0 Å². The van der Waals surface area contributed by atoms with Gasteiger partial charge >= 0.3 is 0 Å². The Kier molecular flexibility index (Phi) is 5.93. The Hall–Kier alpha value is -2.14.